The molecule has 2 aromatic rings. The molecule has 1 aliphatic rings. The van der Waals surface area contributed by atoms with Gasteiger partial charge in [-0.25, -0.2) is 0 Å². The summed E-state index contributed by atoms with van der Waals surface area (Å²) in [6.45, 7) is 0. The number of amides is 1. The molecule has 1 amide bonds. The maximum atomic E-state index is 12.5. The van der Waals surface area contributed by atoms with Crippen LogP contribution in [-0.4, -0.2) is 22.8 Å². The van der Waals surface area contributed by atoms with Crippen molar-refractivity contribution in [2.45, 2.75) is 11.8 Å². The number of hydrogen-bond donors (Lipinski definition) is 1. The first-order valence-electron chi connectivity index (χ1n) is 7.07. The minimum Gasteiger partial charge on any atom is -0.349 e. The number of thiocarbonyl (C=S) groups is 1. The Balaban J connectivity index is 1.60. The Kier molecular flexibility index (Phi) is 4.75. The largest absolute Gasteiger partial charge is 0.349 e. The van der Waals surface area contributed by atoms with E-state index in [1.807, 2.05) is 48.5 Å². The quantitative estimate of drug-likeness (QED) is 0.854. The van der Waals surface area contributed by atoms with E-state index in [0.717, 1.165) is 11.4 Å². The highest BCUT2D eigenvalue weighted by Gasteiger charge is 2.35. The Morgan fingerprint density at radius 3 is 2.36 bits per heavy atom. The van der Waals surface area contributed by atoms with Crippen LogP contribution in [0.2, 0.25) is 0 Å². The van der Waals surface area contributed by atoms with Crippen molar-refractivity contribution in [3.63, 3.8) is 0 Å². The van der Waals surface area contributed by atoms with Crippen molar-refractivity contribution in [3.8, 4) is 0 Å². The van der Waals surface area contributed by atoms with E-state index in [0.29, 0.717) is 10.9 Å². The number of thioether (sulfide) groups is 1. The van der Waals surface area contributed by atoms with E-state index in [2.05, 4.69) is 17.4 Å². The van der Waals surface area contributed by atoms with Crippen LogP contribution in [0.4, 0.5) is 5.69 Å². The number of hydrogen-bond acceptors (Lipinski definition) is 3. The molecule has 0 aliphatic carbocycles. The van der Waals surface area contributed by atoms with Crippen LogP contribution in [0.3, 0.4) is 0 Å². The molecule has 3 nitrogen and oxygen atoms in total. The lowest BCUT2D eigenvalue weighted by atomic mass is 10.2. The molecule has 1 heterocycles. The summed E-state index contributed by atoms with van der Waals surface area (Å²) in [5.74, 6) is 1.62. The van der Waals surface area contributed by atoms with Gasteiger partial charge in [-0.2, -0.15) is 11.8 Å². The number of nitrogens with zero attached hydrogens (tertiary/aromatic N) is 1. The first-order chi connectivity index (χ1) is 10.8. The topological polar surface area (TPSA) is 32.3 Å². The van der Waals surface area contributed by atoms with Gasteiger partial charge in [0.05, 0.1) is 5.69 Å². The van der Waals surface area contributed by atoms with Gasteiger partial charge in [-0.15, -0.1) is 0 Å². The van der Waals surface area contributed by atoms with E-state index in [9.17, 15) is 4.79 Å². The lowest BCUT2D eigenvalue weighted by molar-refractivity contribution is -0.117. The van der Waals surface area contributed by atoms with Crippen LogP contribution in [-0.2, 0) is 10.5 Å². The molecule has 1 fully saturated rings. The molecule has 0 aromatic heterocycles. The Morgan fingerprint density at radius 2 is 1.68 bits per heavy atom. The summed E-state index contributed by atoms with van der Waals surface area (Å²) in [5.41, 5.74) is 2.08. The number of anilines is 1. The number of carbonyl (C=O) groups is 1. The zero-order valence-electron chi connectivity index (χ0n) is 11.9. The number of nitrogens with one attached hydrogen (secondary N) is 1. The summed E-state index contributed by atoms with van der Waals surface area (Å²) in [7, 11) is 0. The van der Waals surface area contributed by atoms with Crippen molar-refractivity contribution in [2.75, 3.05) is 10.7 Å². The summed E-state index contributed by atoms with van der Waals surface area (Å²) < 4.78 is 0. The van der Waals surface area contributed by atoms with Crippen molar-refractivity contribution in [2.24, 2.45) is 0 Å². The molecule has 0 radical (unpaired) electrons. The van der Waals surface area contributed by atoms with E-state index in [1.165, 1.54) is 5.56 Å². The van der Waals surface area contributed by atoms with Crippen LogP contribution >= 0.6 is 24.0 Å². The van der Waals surface area contributed by atoms with Crippen molar-refractivity contribution < 1.29 is 4.79 Å². The standard InChI is InChI=1S/C17H16N2OS2/c20-16-15(12-22-11-13-7-3-1-4-8-13)18-17(21)19(16)14-9-5-2-6-10-14/h1-10,15H,11-12H2,(H,18,21)/t15-/m0/s1. The highest BCUT2D eigenvalue weighted by atomic mass is 32.2. The third-order valence-electron chi connectivity index (χ3n) is 3.43. The molecular weight excluding hydrogens is 312 g/mol. The predicted molar refractivity (Wildman–Crippen MR) is 96.1 cm³/mol. The van der Waals surface area contributed by atoms with Crippen LogP contribution in [0.1, 0.15) is 5.56 Å². The Bertz CT molecular complexity index is 661. The highest BCUT2D eigenvalue weighted by molar-refractivity contribution is 7.98. The molecule has 3 rings (SSSR count). The summed E-state index contributed by atoms with van der Waals surface area (Å²) >= 11 is 7.04. The average Bonchev–Trinajstić information content (AvgIpc) is 2.83. The van der Waals surface area contributed by atoms with Gasteiger partial charge in [-0.1, -0.05) is 48.5 Å². The first-order valence-corrected chi connectivity index (χ1v) is 8.63. The maximum Gasteiger partial charge on any atom is 0.256 e. The Hall–Kier alpha value is -1.85. The van der Waals surface area contributed by atoms with Gasteiger partial charge >= 0.3 is 0 Å². The van der Waals surface area contributed by atoms with Gasteiger partial charge in [0.25, 0.3) is 5.91 Å². The molecule has 1 atom stereocenters. The van der Waals surface area contributed by atoms with Crippen LogP contribution in [0.25, 0.3) is 0 Å². The number of rotatable bonds is 5. The lowest BCUT2D eigenvalue weighted by Crippen LogP contribution is -2.32. The number of para-hydroxylation sites is 1. The van der Waals surface area contributed by atoms with Gasteiger partial charge in [0, 0.05) is 11.5 Å². The zero-order valence-corrected chi connectivity index (χ0v) is 13.6. The molecule has 5 heteroatoms. The van der Waals surface area contributed by atoms with E-state index in [-0.39, 0.29) is 11.9 Å². The van der Waals surface area contributed by atoms with Gasteiger partial charge in [0.1, 0.15) is 6.04 Å². The molecule has 1 saturated heterocycles. The van der Waals surface area contributed by atoms with Gasteiger partial charge < -0.3 is 5.32 Å². The monoisotopic (exact) mass is 328 g/mol. The van der Waals surface area contributed by atoms with Crippen LogP contribution in [0.5, 0.6) is 0 Å². The van der Waals surface area contributed by atoms with Crippen molar-refractivity contribution in [1.82, 2.24) is 5.32 Å². The van der Waals surface area contributed by atoms with Crippen molar-refractivity contribution >= 4 is 40.7 Å². The molecule has 0 bridgehead atoms. The second-order valence-corrected chi connectivity index (χ2v) is 6.43. The minimum atomic E-state index is -0.249. The normalized spacial score (nSPS) is 17.6. The molecule has 1 N–H and O–H groups in total. The summed E-state index contributed by atoms with van der Waals surface area (Å²) in [5, 5.41) is 3.61. The molecular formula is C17H16N2OS2. The smallest absolute Gasteiger partial charge is 0.256 e. The Morgan fingerprint density at radius 1 is 1.05 bits per heavy atom. The van der Waals surface area contributed by atoms with Crippen molar-refractivity contribution in [3.05, 3.63) is 66.2 Å². The van der Waals surface area contributed by atoms with Crippen LogP contribution in [0, 0.1) is 0 Å². The third kappa shape index (κ3) is 3.31. The molecule has 2 aromatic carbocycles. The summed E-state index contributed by atoms with van der Waals surface area (Å²) in [6.07, 6.45) is 0. The van der Waals surface area contributed by atoms with Gasteiger partial charge in [-0.05, 0) is 29.9 Å². The van der Waals surface area contributed by atoms with Gasteiger partial charge in [0.2, 0.25) is 0 Å². The van der Waals surface area contributed by atoms with E-state index < -0.39 is 0 Å². The van der Waals surface area contributed by atoms with Crippen molar-refractivity contribution in [1.29, 1.82) is 0 Å². The number of benzene rings is 2. The summed E-state index contributed by atoms with van der Waals surface area (Å²) in [4.78, 5) is 14.1. The van der Waals surface area contributed by atoms with E-state index >= 15 is 0 Å². The fourth-order valence-corrected chi connectivity index (χ4v) is 3.68. The van der Waals surface area contributed by atoms with Crippen LogP contribution in [0.15, 0.2) is 60.7 Å². The second-order valence-electron chi connectivity index (χ2n) is 5.01. The molecule has 1 aliphatic heterocycles. The molecule has 0 saturated carbocycles. The molecule has 22 heavy (non-hydrogen) atoms. The predicted octanol–water partition coefficient (Wildman–Crippen LogP) is 3.21. The average molecular weight is 328 g/mol. The van der Waals surface area contributed by atoms with E-state index in [4.69, 9.17) is 12.2 Å². The first kappa shape index (κ1) is 15.1. The summed E-state index contributed by atoms with van der Waals surface area (Å²) in [6, 6.07) is 19.5. The third-order valence-corrected chi connectivity index (χ3v) is 4.84. The van der Waals surface area contributed by atoms with E-state index in [1.54, 1.807) is 16.7 Å². The maximum absolute atomic E-state index is 12.5. The molecule has 0 spiro atoms. The SMILES string of the molecule is O=C1[C@H](CSCc2ccccc2)NC(=S)N1c1ccccc1. The lowest BCUT2D eigenvalue weighted by Gasteiger charge is -2.14. The number of carbonyl (C=O) groups excluding carboxylic acids is 1. The fourth-order valence-electron chi connectivity index (χ4n) is 2.33. The minimum absolute atomic E-state index is 0.0248. The second kappa shape index (κ2) is 6.94. The Labute approximate surface area is 139 Å². The van der Waals surface area contributed by atoms with Gasteiger partial charge in [-0.3, -0.25) is 9.69 Å². The van der Waals surface area contributed by atoms with Gasteiger partial charge in [0.15, 0.2) is 5.11 Å². The molecule has 112 valence electrons. The zero-order chi connectivity index (χ0) is 15.4. The highest BCUT2D eigenvalue weighted by Crippen LogP contribution is 2.22. The van der Waals surface area contributed by atoms with Crippen LogP contribution < -0.4 is 10.2 Å². The molecule has 0 unspecified atom stereocenters. The fraction of sp³-hybridized carbons (Fsp3) is 0.176.